The molecule has 0 radical (unpaired) electrons. The molecule has 128 valence electrons. The number of ether oxygens (including phenoxy) is 1. The van der Waals surface area contributed by atoms with Crippen LogP contribution in [0, 0.1) is 5.92 Å². The lowest BCUT2D eigenvalue weighted by Gasteiger charge is -2.36. The third-order valence-electron chi connectivity index (χ3n) is 4.93. The molecule has 1 fully saturated rings. The molecule has 24 heavy (non-hydrogen) atoms. The van der Waals surface area contributed by atoms with E-state index < -0.39 is 0 Å². The lowest BCUT2D eigenvalue weighted by molar-refractivity contribution is 0.0346. The fourth-order valence-electron chi connectivity index (χ4n) is 3.40. The molecule has 2 aromatic heterocycles. The van der Waals surface area contributed by atoms with Crippen molar-refractivity contribution in [3.63, 3.8) is 0 Å². The van der Waals surface area contributed by atoms with Gasteiger partial charge in [0.05, 0.1) is 30.1 Å². The van der Waals surface area contributed by atoms with Crippen LogP contribution in [0.1, 0.15) is 47.4 Å². The summed E-state index contributed by atoms with van der Waals surface area (Å²) in [6.07, 6.45) is 5.38. The van der Waals surface area contributed by atoms with Crippen LogP contribution < -0.4 is 0 Å². The number of amides is 1. The van der Waals surface area contributed by atoms with E-state index in [1.165, 1.54) is 18.4 Å². The minimum Gasteiger partial charge on any atom is -0.379 e. The summed E-state index contributed by atoms with van der Waals surface area (Å²) in [7, 11) is 0. The van der Waals surface area contributed by atoms with E-state index in [1.807, 2.05) is 32.6 Å². The molecule has 2 aromatic rings. The van der Waals surface area contributed by atoms with Gasteiger partial charge in [0.25, 0.3) is 5.91 Å². The minimum absolute atomic E-state index is 0.0395. The highest BCUT2D eigenvalue weighted by molar-refractivity contribution is 7.08. The van der Waals surface area contributed by atoms with Crippen LogP contribution in [0.25, 0.3) is 0 Å². The number of thiophene rings is 1. The Morgan fingerprint density at radius 2 is 2.29 bits per heavy atom. The molecule has 1 saturated carbocycles. The highest BCUT2D eigenvalue weighted by Crippen LogP contribution is 2.33. The van der Waals surface area contributed by atoms with E-state index in [-0.39, 0.29) is 11.9 Å². The Morgan fingerprint density at radius 1 is 1.42 bits per heavy atom. The van der Waals surface area contributed by atoms with Gasteiger partial charge >= 0.3 is 0 Å². The number of carbonyl (C=O) groups is 1. The van der Waals surface area contributed by atoms with Gasteiger partial charge in [-0.2, -0.15) is 16.4 Å². The van der Waals surface area contributed by atoms with Gasteiger partial charge in [-0.3, -0.25) is 9.48 Å². The quantitative estimate of drug-likeness (QED) is 0.808. The first-order chi connectivity index (χ1) is 11.8. The first kappa shape index (κ1) is 15.8. The number of carbonyl (C=O) groups excluding carboxylic acids is 1. The van der Waals surface area contributed by atoms with Crippen LogP contribution in [0.5, 0.6) is 0 Å². The lowest BCUT2D eigenvalue weighted by atomic mass is 9.99. The smallest absolute Gasteiger partial charge is 0.255 e. The van der Waals surface area contributed by atoms with E-state index in [1.54, 1.807) is 11.3 Å². The van der Waals surface area contributed by atoms with Crippen molar-refractivity contribution < 1.29 is 9.53 Å². The monoisotopic (exact) mass is 345 g/mol. The maximum Gasteiger partial charge on any atom is 0.255 e. The van der Waals surface area contributed by atoms with E-state index >= 15 is 0 Å². The molecule has 0 bridgehead atoms. The molecule has 5 nitrogen and oxygen atoms in total. The molecule has 0 aromatic carbocycles. The maximum absolute atomic E-state index is 13.0. The predicted molar refractivity (Wildman–Crippen MR) is 93.2 cm³/mol. The van der Waals surface area contributed by atoms with Gasteiger partial charge in [0.1, 0.15) is 0 Å². The lowest BCUT2D eigenvalue weighted by Crippen LogP contribution is -2.42. The molecule has 6 heteroatoms. The summed E-state index contributed by atoms with van der Waals surface area (Å²) in [5.41, 5.74) is 3.19. The van der Waals surface area contributed by atoms with Crippen LogP contribution >= 0.6 is 11.3 Å². The summed E-state index contributed by atoms with van der Waals surface area (Å²) in [6, 6.07) is 1.87. The van der Waals surface area contributed by atoms with Gasteiger partial charge in [-0.25, -0.2) is 0 Å². The molecule has 3 heterocycles. The van der Waals surface area contributed by atoms with E-state index in [0.29, 0.717) is 6.61 Å². The Balaban J connectivity index is 1.60. The largest absolute Gasteiger partial charge is 0.379 e. The first-order valence-electron chi connectivity index (χ1n) is 8.73. The van der Waals surface area contributed by atoms with E-state index in [9.17, 15) is 4.79 Å². The van der Waals surface area contributed by atoms with Crippen LogP contribution in [0.15, 0.2) is 23.0 Å². The van der Waals surface area contributed by atoms with Crippen molar-refractivity contribution in [1.29, 1.82) is 0 Å². The van der Waals surface area contributed by atoms with Crippen molar-refractivity contribution in [2.75, 3.05) is 19.8 Å². The molecule has 1 amide bonds. The average molecular weight is 345 g/mol. The second kappa shape index (κ2) is 6.69. The standard InChI is InChI=1S/C18H23N3O2S/c1-2-21-17-14(9-19-21)5-7-20(18(22)15-6-8-24-12-15)16(17)11-23-10-13-3-4-13/h6,8-9,12-13,16H,2-5,7,10-11H2,1H3. The Hall–Kier alpha value is -1.66. The van der Waals surface area contributed by atoms with Gasteiger partial charge < -0.3 is 9.64 Å². The summed E-state index contributed by atoms with van der Waals surface area (Å²) < 4.78 is 8.01. The van der Waals surface area contributed by atoms with Crippen molar-refractivity contribution in [3.05, 3.63) is 39.8 Å². The summed E-state index contributed by atoms with van der Waals surface area (Å²) in [5, 5.41) is 8.39. The van der Waals surface area contributed by atoms with Crippen molar-refractivity contribution in [3.8, 4) is 0 Å². The van der Waals surface area contributed by atoms with Gasteiger partial charge in [0, 0.05) is 25.1 Å². The zero-order chi connectivity index (χ0) is 16.5. The SMILES string of the molecule is CCn1ncc2c1C(COCC1CC1)N(C(=O)c1ccsc1)CC2. The zero-order valence-corrected chi connectivity index (χ0v) is 14.8. The Morgan fingerprint density at radius 3 is 3.00 bits per heavy atom. The third-order valence-corrected chi connectivity index (χ3v) is 5.61. The number of aromatic nitrogens is 2. The molecule has 0 spiro atoms. The van der Waals surface area contributed by atoms with Gasteiger partial charge in [-0.15, -0.1) is 0 Å². The molecule has 1 aliphatic carbocycles. The van der Waals surface area contributed by atoms with Crippen LogP contribution in [-0.2, 0) is 17.7 Å². The molecule has 1 aliphatic heterocycles. The highest BCUT2D eigenvalue weighted by atomic mass is 32.1. The van der Waals surface area contributed by atoms with E-state index in [4.69, 9.17) is 4.74 Å². The number of aryl methyl sites for hydroxylation is 1. The predicted octanol–water partition coefficient (Wildman–Crippen LogP) is 3.13. The number of nitrogens with zero attached hydrogens (tertiary/aromatic N) is 3. The summed E-state index contributed by atoms with van der Waals surface area (Å²) in [6.45, 7) is 5.01. The first-order valence-corrected chi connectivity index (χ1v) is 9.67. The van der Waals surface area contributed by atoms with Crippen molar-refractivity contribution in [2.24, 2.45) is 5.92 Å². The van der Waals surface area contributed by atoms with Crippen molar-refractivity contribution >= 4 is 17.2 Å². The normalized spacial score (nSPS) is 20.2. The third kappa shape index (κ3) is 3.00. The number of hydrogen-bond donors (Lipinski definition) is 0. The molecule has 4 rings (SSSR count). The Kier molecular flexibility index (Phi) is 4.41. The molecule has 2 aliphatic rings. The number of rotatable bonds is 6. The summed E-state index contributed by atoms with van der Waals surface area (Å²) in [5.74, 6) is 0.830. The van der Waals surface area contributed by atoms with Crippen LogP contribution in [-0.4, -0.2) is 40.3 Å². The van der Waals surface area contributed by atoms with Crippen molar-refractivity contribution in [2.45, 2.75) is 38.8 Å². The summed E-state index contributed by atoms with van der Waals surface area (Å²) >= 11 is 1.56. The minimum atomic E-state index is -0.0395. The second-order valence-corrected chi connectivity index (χ2v) is 7.41. The number of fused-ring (bicyclic) bond motifs is 1. The van der Waals surface area contributed by atoms with Gasteiger partial charge in [0.15, 0.2) is 0 Å². The maximum atomic E-state index is 13.0. The zero-order valence-electron chi connectivity index (χ0n) is 14.0. The molecule has 0 N–H and O–H groups in total. The van der Waals surface area contributed by atoms with E-state index in [2.05, 4.69) is 12.0 Å². The fraction of sp³-hybridized carbons (Fsp3) is 0.556. The molecule has 0 saturated heterocycles. The van der Waals surface area contributed by atoms with Crippen molar-refractivity contribution in [1.82, 2.24) is 14.7 Å². The second-order valence-electron chi connectivity index (χ2n) is 6.63. The van der Waals surface area contributed by atoms with Crippen LogP contribution in [0.3, 0.4) is 0 Å². The molecule has 1 unspecified atom stereocenters. The van der Waals surface area contributed by atoms with Gasteiger partial charge in [0.2, 0.25) is 0 Å². The number of hydrogen-bond acceptors (Lipinski definition) is 4. The topological polar surface area (TPSA) is 47.4 Å². The molecular formula is C18H23N3O2S. The van der Waals surface area contributed by atoms with Gasteiger partial charge in [-0.1, -0.05) is 0 Å². The molecular weight excluding hydrogens is 322 g/mol. The highest BCUT2D eigenvalue weighted by Gasteiger charge is 2.35. The Labute approximate surface area is 146 Å². The summed E-state index contributed by atoms with van der Waals surface area (Å²) in [4.78, 5) is 14.9. The fourth-order valence-corrected chi connectivity index (χ4v) is 4.03. The average Bonchev–Trinajstić information content (AvgIpc) is 3.11. The molecule has 1 atom stereocenters. The Bertz CT molecular complexity index is 692. The van der Waals surface area contributed by atoms with E-state index in [0.717, 1.165) is 43.3 Å². The van der Waals surface area contributed by atoms with Crippen LogP contribution in [0.4, 0.5) is 0 Å². The van der Waals surface area contributed by atoms with Gasteiger partial charge in [-0.05, 0) is 49.1 Å². The van der Waals surface area contributed by atoms with Crippen LogP contribution in [0.2, 0.25) is 0 Å².